The summed E-state index contributed by atoms with van der Waals surface area (Å²) in [6.45, 7) is 8.27. The van der Waals surface area contributed by atoms with Gasteiger partial charge in [0.15, 0.2) is 0 Å². The van der Waals surface area contributed by atoms with E-state index < -0.39 is 0 Å². The van der Waals surface area contributed by atoms with E-state index in [0.29, 0.717) is 5.92 Å². The second-order valence-electron chi connectivity index (χ2n) is 5.55. The van der Waals surface area contributed by atoms with Crippen molar-refractivity contribution in [2.45, 2.75) is 39.2 Å². The summed E-state index contributed by atoms with van der Waals surface area (Å²) < 4.78 is 7.29. The van der Waals surface area contributed by atoms with E-state index in [9.17, 15) is 0 Å². The Labute approximate surface area is 110 Å². The molecule has 1 aromatic heterocycles. The Morgan fingerprint density at radius 2 is 2.17 bits per heavy atom. The van der Waals surface area contributed by atoms with Gasteiger partial charge in [-0.2, -0.15) is 5.10 Å². The van der Waals surface area contributed by atoms with Crippen LogP contribution in [0, 0.1) is 5.92 Å². The molecule has 1 fully saturated rings. The van der Waals surface area contributed by atoms with Crippen molar-refractivity contribution < 1.29 is 4.74 Å². The molecule has 1 aliphatic rings. The van der Waals surface area contributed by atoms with Gasteiger partial charge in [0.1, 0.15) is 0 Å². The maximum Gasteiger partial charge on any atom is 0.0694 e. The molecule has 102 valence electrons. The van der Waals surface area contributed by atoms with E-state index in [-0.39, 0.29) is 0 Å². The van der Waals surface area contributed by atoms with E-state index in [1.54, 1.807) is 0 Å². The van der Waals surface area contributed by atoms with Crippen molar-refractivity contribution in [2.75, 3.05) is 19.8 Å². The Balaban J connectivity index is 1.82. The third-order valence-electron chi connectivity index (χ3n) is 3.57. The maximum absolute atomic E-state index is 5.38. The fourth-order valence-electron chi connectivity index (χ4n) is 2.54. The molecule has 1 aromatic rings. The molecule has 0 aromatic carbocycles. The standard InChI is InChI=1S/C14H25N3O/c1-11(2)14-13(10-17(3)16-14)9-15-8-12-4-6-18-7-5-12/h10-12,15H,4-9H2,1-3H3. The van der Waals surface area contributed by atoms with E-state index in [0.717, 1.165) is 32.2 Å². The van der Waals surface area contributed by atoms with Crippen molar-refractivity contribution in [3.8, 4) is 0 Å². The predicted octanol–water partition coefficient (Wildman–Crippen LogP) is 2.06. The van der Waals surface area contributed by atoms with E-state index in [1.807, 2.05) is 11.7 Å². The molecule has 0 amide bonds. The van der Waals surface area contributed by atoms with Crippen molar-refractivity contribution in [1.29, 1.82) is 0 Å². The molecule has 0 spiro atoms. The highest BCUT2D eigenvalue weighted by molar-refractivity contribution is 5.19. The largest absolute Gasteiger partial charge is 0.381 e. The van der Waals surface area contributed by atoms with Gasteiger partial charge >= 0.3 is 0 Å². The second kappa shape index (κ2) is 6.34. The van der Waals surface area contributed by atoms with Crippen LogP contribution in [0.5, 0.6) is 0 Å². The Bertz CT molecular complexity index is 367. The van der Waals surface area contributed by atoms with Crippen LogP contribution in [-0.4, -0.2) is 29.5 Å². The number of aryl methyl sites for hydroxylation is 1. The Kier molecular flexibility index (Phi) is 4.78. The molecule has 0 saturated carbocycles. The SMILES string of the molecule is CC(C)c1nn(C)cc1CNCC1CCOCC1. The molecular weight excluding hydrogens is 226 g/mol. The van der Waals surface area contributed by atoms with Gasteiger partial charge in [-0.3, -0.25) is 4.68 Å². The highest BCUT2D eigenvalue weighted by Gasteiger charge is 2.14. The number of hydrogen-bond donors (Lipinski definition) is 1. The average Bonchev–Trinajstić information content (AvgIpc) is 2.72. The molecule has 2 rings (SSSR count). The minimum atomic E-state index is 0.492. The Morgan fingerprint density at radius 1 is 1.44 bits per heavy atom. The fraction of sp³-hybridized carbons (Fsp3) is 0.786. The zero-order chi connectivity index (χ0) is 13.0. The Morgan fingerprint density at radius 3 is 2.83 bits per heavy atom. The third-order valence-corrected chi connectivity index (χ3v) is 3.57. The first-order valence-corrected chi connectivity index (χ1v) is 6.97. The summed E-state index contributed by atoms with van der Waals surface area (Å²) in [5.41, 5.74) is 2.55. The molecule has 0 atom stereocenters. The molecule has 0 aliphatic carbocycles. The van der Waals surface area contributed by atoms with Crippen LogP contribution >= 0.6 is 0 Å². The second-order valence-corrected chi connectivity index (χ2v) is 5.55. The van der Waals surface area contributed by atoms with Crippen LogP contribution in [0.3, 0.4) is 0 Å². The highest BCUT2D eigenvalue weighted by Crippen LogP contribution is 2.18. The lowest BCUT2D eigenvalue weighted by Gasteiger charge is -2.22. The molecule has 0 radical (unpaired) electrons. The summed E-state index contributed by atoms with van der Waals surface area (Å²) >= 11 is 0. The van der Waals surface area contributed by atoms with Crippen LogP contribution in [-0.2, 0) is 18.3 Å². The van der Waals surface area contributed by atoms with Crippen LogP contribution in [0.25, 0.3) is 0 Å². The van der Waals surface area contributed by atoms with Gasteiger partial charge in [-0.05, 0) is 31.2 Å². The lowest BCUT2D eigenvalue weighted by Crippen LogP contribution is -2.27. The molecule has 1 N–H and O–H groups in total. The first-order chi connectivity index (χ1) is 8.66. The summed E-state index contributed by atoms with van der Waals surface area (Å²) in [4.78, 5) is 0. The van der Waals surface area contributed by atoms with E-state index in [2.05, 4.69) is 30.5 Å². The van der Waals surface area contributed by atoms with Crippen LogP contribution < -0.4 is 5.32 Å². The fourth-order valence-corrected chi connectivity index (χ4v) is 2.54. The molecule has 4 nitrogen and oxygen atoms in total. The number of nitrogens with one attached hydrogen (secondary N) is 1. The van der Waals surface area contributed by atoms with Gasteiger partial charge in [0.25, 0.3) is 0 Å². The zero-order valence-corrected chi connectivity index (χ0v) is 11.8. The van der Waals surface area contributed by atoms with Crippen molar-refractivity contribution in [2.24, 2.45) is 13.0 Å². The van der Waals surface area contributed by atoms with Gasteiger partial charge in [-0.1, -0.05) is 13.8 Å². The lowest BCUT2D eigenvalue weighted by atomic mass is 10.0. The van der Waals surface area contributed by atoms with Gasteiger partial charge < -0.3 is 10.1 Å². The average molecular weight is 251 g/mol. The number of rotatable bonds is 5. The monoisotopic (exact) mass is 251 g/mol. The van der Waals surface area contributed by atoms with E-state index in [1.165, 1.54) is 24.1 Å². The van der Waals surface area contributed by atoms with E-state index >= 15 is 0 Å². The topological polar surface area (TPSA) is 39.1 Å². The van der Waals surface area contributed by atoms with Gasteiger partial charge in [-0.15, -0.1) is 0 Å². The predicted molar refractivity (Wildman–Crippen MR) is 72.5 cm³/mol. The van der Waals surface area contributed by atoms with Crippen LogP contribution in [0.2, 0.25) is 0 Å². The summed E-state index contributed by atoms with van der Waals surface area (Å²) in [7, 11) is 1.99. The maximum atomic E-state index is 5.38. The number of ether oxygens (including phenoxy) is 1. The minimum Gasteiger partial charge on any atom is -0.381 e. The minimum absolute atomic E-state index is 0.492. The van der Waals surface area contributed by atoms with Gasteiger partial charge in [0.2, 0.25) is 0 Å². The first-order valence-electron chi connectivity index (χ1n) is 6.97. The summed E-state index contributed by atoms with van der Waals surface area (Å²) in [5.74, 6) is 1.27. The molecule has 2 heterocycles. The number of aromatic nitrogens is 2. The van der Waals surface area contributed by atoms with Crippen LogP contribution in [0.1, 0.15) is 43.9 Å². The van der Waals surface area contributed by atoms with Crippen molar-refractivity contribution >= 4 is 0 Å². The smallest absolute Gasteiger partial charge is 0.0694 e. The zero-order valence-electron chi connectivity index (χ0n) is 11.8. The van der Waals surface area contributed by atoms with E-state index in [4.69, 9.17) is 4.74 Å². The van der Waals surface area contributed by atoms with Gasteiger partial charge in [-0.25, -0.2) is 0 Å². The quantitative estimate of drug-likeness (QED) is 0.870. The van der Waals surface area contributed by atoms with Crippen molar-refractivity contribution in [1.82, 2.24) is 15.1 Å². The first kappa shape index (κ1) is 13.6. The highest BCUT2D eigenvalue weighted by atomic mass is 16.5. The Hall–Kier alpha value is -0.870. The normalized spacial score (nSPS) is 17.6. The molecule has 1 aliphatic heterocycles. The van der Waals surface area contributed by atoms with Crippen LogP contribution in [0.15, 0.2) is 6.20 Å². The summed E-state index contributed by atoms with van der Waals surface area (Å²) in [6, 6.07) is 0. The summed E-state index contributed by atoms with van der Waals surface area (Å²) in [5, 5.41) is 8.10. The third kappa shape index (κ3) is 3.56. The number of hydrogen-bond acceptors (Lipinski definition) is 3. The van der Waals surface area contributed by atoms with Crippen molar-refractivity contribution in [3.63, 3.8) is 0 Å². The molecule has 4 heteroatoms. The molecule has 0 bridgehead atoms. The molecule has 0 unspecified atom stereocenters. The van der Waals surface area contributed by atoms with Gasteiger partial charge in [0, 0.05) is 38.6 Å². The lowest BCUT2D eigenvalue weighted by molar-refractivity contribution is 0.0662. The van der Waals surface area contributed by atoms with Crippen molar-refractivity contribution in [3.05, 3.63) is 17.5 Å². The molecule has 1 saturated heterocycles. The van der Waals surface area contributed by atoms with Gasteiger partial charge in [0.05, 0.1) is 5.69 Å². The van der Waals surface area contributed by atoms with Crippen LogP contribution in [0.4, 0.5) is 0 Å². The number of nitrogens with zero attached hydrogens (tertiary/aromatic N) is 2. The molecular formula is C14H25N3O. The summed E-state index contributed by atoms with van der Waals surface area (Å²) in [6.07, 6.45) is 4.51. The molecule has 18 heavy (non-hydrogen) atoms.